The lowest BCUT2D eigenvalue weighted by atomic mass is 9.95. The van der Waals surface area contributed by atoms with Gasteiger partial charge in [0.05, 0.1) is 18.2 Å². The standard InChI is InChI=1S/C29H36N2O4/c1-4-5-9-21-35-24-16-14-23(15-17-24)27-26(25(32)18-13-22-11-7-6-8-12-22)28(33)29(34)31(27)20-10-19-30(2)3/h6-8,11-18,27,33H,4-5,9-10,19-21H2,1-3H3. The van der Waals surface area contributed by atoms with Crippen LogP contribution in [0.3, 0.4) is 0 Å². The average Bonchev–Trinajstić information content (AvgIpc) is 3.11. The van der Waals surface area contributed by atoms with Gasteiger partial charge < -0.3 is 19.6 Å². The topological polar surface area (TPSA) is 70.1 Å². The molecular weight excluding hydrogens is 440 g/mol. The van der Waals surface area contributed by atoms with Gasteiger partial charge in [0.25, 0.3) is 5.91 Å². The maximum atomic E-state index is 13.2. The minimum Gasteiger partial charge on any atom is -0.503 e. The van der Waals surface area contributed by atoms with Crippen molar-refractivity contribution in [1.29, 1.82) is 0 Å². The Balaban J connectivity index is 1.86. The van der Waals surface area contributed by atoms with E-state index in [1.54, 1.807) is 11.0 Å². The number of hydrogen-bond acceptors (Lipinski definition) is 5. The number of ketones is 1. The van der Waals surface area contributed by atoms with Gasteiger partial charge in [0.15, 0.2) is 11.5 Å². The van der Waals surface area contributed by atoms with Crippen molar-refractivity contribution in [3.8, 4) is 5.75 Å². The minimum atomic E-state index is -0.647. The van der Waals surface area contributed by atoms with E-state index in [0.717, 1.165) is 49.1 Å². The van der Waals surface area contributed by atoms with Gasteiger partial charge in [-0.25, -0.2) is 0 Å². The molecule has 0 aromatic heterocycles. The number of unbranched alkanes of at least 4 members (excludes halogenated alkanes) is 2. The molecule has 1 aliphatic rings. The normalized spacial score (nSPS) is 16.1. The van der Waals surface area contributed by atoms with E-state index in [1.807, 2.05) is 73.6 Å². The van der Waals surface area contributed by atoms with Crippen LogP contribution in [0.1, 0.15) is 49.8 Å². The van der Waals surface area contributed by atoms with E-state index in [4.69, 9.17) is 4.74 Å². The third-order valence-corrected chi connectivity index (χ3v) is 6.01. The Morgan fingerprint density at radius 1 is 1.06 bits per heavy atom. The number of carbonyl (C=O) groups is 2. The van der Waals surface area contributed by atoms with Gasteiger partial charge in [0, 0.05) is 6.54 Å². The predicted molar refractivity (Wildman–Crippen MR) is 139 cm³/mol. The second-order valence-corrected chi connectivity index (χ2v) is 9.05. The van der Waals surface area contributed by atoms with Crippen molar-refractivity contribution in [2.75, 3.05) is 33.8 Å². The van der Waals surface area contributed by atoms with Crippen LogP contribution in [0.5, 0.6) is 5.75 Å². The summed E-state index contributed by atoms with van der Waals surface area (Å²) in [7, 11) is 3.95. The number of amides is 1. The quantitative estimate of drug-likeness (QED) is 0.318. The Labute approximate surface area is 208 Å². The Morgan fingerprint density at radius 2 is 1.77 bits per heavy atom. The van der Waals surface area contributed by atoms with Crippen molar-refractivity contribution in [3.05, 3.63) is 83.1 Å². The Kier molecular flexibility index (Phi) is 9.67. The van der Waals surface area contributed by atoms with Crippen LogP contribution in [0.4, 0.5) is 0 Å². The summed E-state index contributed by atoms with van der Waals surface area (Å²) in [6.07, 6.45) is 7.10. The molecule has 1 aliphatic heterocycles. The van der Waals surface area contributed by atoms with Crippen molar-refractivity contribution < 1.29 is 19.4 Å². The van der Waals surface area contributed by atoms with Crippen LogP contribution in [0, 0.1) is 0 Å². The van der Waals surface area contributed by atoms with E-state index in [-0.39, 0.29) is 11.4 Å². The zero-order chi connectivity index (χ0) is 25.2. The third-order valence-electron chi connectivity index (χ3n) is 6.01. The molecule has 1 amide bonds. The van der Waals surface area contributed by atoms with Crippen molar-refractivity contribution in [2.45, 2.75) is 38.6 Å². The van der Waals surface area contributed by atoms with Crippen LogP contribution < -0.4 is 4.74 Å². The van der Waals surface area contributed by atoms with E-state index in [0.29, 0.717) is 13.2 Å². The lowest BCUT2D eigenvalue weighted by Gasteiger charge is -2.27. The molecule has 186 valence electrons. The molecule has 1 heterocycles. The van der Waals surface area contributed by atoms with E-state index < -0.39 is 17.7 Å². The number of ether oxygens (including phenoxy) is 1. The monoisotopic (exact) mass is 476 g/mol. The molecule has 0 spiro atoms. The molecule has 0 saturated heterocycles. The highest BCUT2D eigenvalue weighted by molar-refractivity contribution is 6.14. The number of aliphatic hydroxyl groups excluding tert-OH is 1. The summed E-state index contributed by atoms with van der Waals surface area (Å²) >= 11 is 0. The summed E-state index contributed by atoms with van der Waals surface area (Å²) in [5.41, 5.74) is 1.75. The number of allylic oxidation sites excluding steroid dienone is 1. The number of benzene rings is 2. The molecule has 1 atom stereocenters. The number of nitrogens with zero attached hydrogens (tertiary/aromatic N) is 2. The molecule has 0 aliphatic carbocycles. The number of hydrogen-bond donors (Lipinski definition) is 1. The summed E-state index contributed by atoms with van der Waals surface area (Å²) in [5.74, 6) is -0.606. The molecule has 35 heavy (non-hydrogen) atoms. The molecule has 1 N–H and O–H groups in total. The van der Waals surface area contributed by atoms with Gasteiger partial charge in [0.1, 0.15) is 5.75 Å². The number of aliphatic hydroxyl groups is 1. The van der Waals surface area contributed by atoms with Gasteiger partial charge in [-0.2, -0.15) is 0 Å². The van der Waals surface area contributed by atoms with Gasteiger partial charge in [0.2, 0.25) is 0 Å². The Hall–Kier alpha value is -3.38. The molecule has 0 radical (unpaired) electrons. The van der Waals surface area contributed by atoms with E-state index in [1.165, 1.54) is 6.08 Å². The molecular formula is C29H36N2O4. The first-order valence-corrected chi connectivity index (χ1v) is 12.3. The highest BCUT2D eigenvalue weighted by Gasteiger charge is 2.42. The van der Waals surface area contributed by atoms with Gasteiger partial charge >= 0.3 is 0 Å². The van der Waals surface area contributed by atoms with E-state index in [9.17, 15) is 14.7 Å². The fourth-order valence-corrected chi connectivity index (χ4v) is 4.15. The van der Waals surface area contributed by atoms with Gasteiger partial charge in [-0.15, -0.1) is 0 Å². The first kappa shape index (κ1) is 26.2. The zero-order valence-electron chi connectivity index (χ0n) is 20.9. The second kappa shape index (κ2) is 12.9. The summed E-state index contributed by atoms with van der Waals surface area (Å²) in [5, 5.41) is 10.8. The van der Waals surface area contributed by atoms with Crippen molar-refractivity contribution >= 4 is 17.8 Å². The summed E-state index contributed by atoms with van der Waals surface area (Å²) in [4.78, 5) is 29.9. The van der Waals surface area contributed by atoms with E-state index >= 15 is 0 Å². The lowest BCUT2D eigenvalue weighted by Crippen LogP contribution is -2.33. The molecule has 6 nitrogen and oxygen atoms in total. The number of carbonyl (C=O) groups excluding carboxylic acids is 2. The highest BCUT2D eigenvalue weighted by atomic mass is 16.5. The summed E-state index contributed by atoms with van der Waals surface area (Å²) in [6.45, 7) is 4.03. The van der Waals surface area contributed by atoms with Crippen LogP contribution in [0.25, 0.3) is 6.08 Å². The maximum Gasteiger partial charge on any atom is 0.290 e. The van der Waals surface area contributed by atoms with Gasteiger partial charge in [-0.05, 0) is 62.8 Å². The van der Waals surface area contributed by atoms with Crippen molar-refractivity contribution in [3.63, 3.8) is 0 Å². The first-order chi connectivity index (χ1) is 16.9. The van der Waals surface area contributed by atoms with Crippen molar-refractivity contribution in [2.24, 2.45) is 0 Å². The highest BCUT2D eigenvalue weighted by Crippen LogP contribution is 2.38. The summed E-state index contributed by atoms with van der Waals surface area (Å²) in [6, 6.07) is 16.3. The molecule has 2 aromatic carbocycles. The smallest absolute Gasteiger partial charge is 0.290 e. The van der Waals surface area contributed by atoms with Gasteiger partial charge in [-0.3, -0.25) is 9.59 Å². The van der Waals surface area contributed by atoms with Crippen LogP contribution in [0.15, 0.2) is 72.0 Å². The van der Waals surface area contributed by atoms with Crippen LogP contribution in [0.2, 0.25) is 0 Å². The Bertz CT molecular complexity index is 1040. The second-order valence-electron chi connectivity index (χ2n) is 9.05. The summed E-state index contributed by atoms with van der Waals surface area (Å²) < 4.78 is 5.82. The predicted octanol–water partition coefficient (Wildman–Crippen LogP) is 5.19. The Morgan fingerprint density at radius 3 is 2.43 bits per heavy atom. The average molecular weight is 477 g/mol. The van der Waals surface area contributed by atoms with E-state index in [2.05, 4.69) is 6.92 Å². The van der Waals surface area contributed by atoms with Crippen LogP contribution >= 0.6 is 0 Å². The molecule has 1 unspecified atom stereocenters. The zero-order valence-corrected chi connectivity index (χ0v) is 20.9. The molecule has 0 saturated carbocycles. The van der Waals surface area contributed by atoms with Crippen molar-refractivity contribution in [1.82, 2.24) is 9.80 Å². The molecule has 0 bridgehead atoms. The van der Waals surface area contributed by atoms with Gasteiger partial charge in [-0.1, -0.05) is 68.3 Å². The van der Waals surface area contributed by atoms with Crippen LogP contribution in [-0.4, -0.2) is 60.4 Å². The molecule has 2 aromatic rings. The number of rotatable bonds is 13. The van der Waals surface area contributed by atoms with Crippen LogP contribution in [-0.2, 0) is 9.59 Å². The SMILES string of the molecule is CCCCCOc1ccc(C2C(C(=O)C=Cc3ccccc3)=C(O)C(=O)N2CCCN(C)C)cc1. The largest absolute Gasteiger partial charge is 0.503 e. The first-order valence-electron chi connectivity index (χ1n) is 12.3. The minimum absolute atomic E-state index is 0.114. The third kappa shape index (κ3) is 7.06. The lowest BCUT2D eigenvalue weighted by molar-refractivity contribution is -0.129. The maximum absolute atomic E-state index is 13.2. The fraction of sp³-hybridized carbons (Fsp3) is 0.379. The molecule has 3 rings (SSSR count). The molecule has 6 heteroatoms. The molecule has 0 fully saturated rings. The fourth-order valence-electron chi connectivity index (χ4n) is 4.15.